The van der Waals surface area contributed by atoms with Gasteiger partial charge in [-0.3, -0.25) is 0 Å². The maximum absolute atomic E-state index is 6.04. The molecule has 3 nitrogen and oxygen atoms in total. The molecule has 0 saturated heterocycles. The molecule has 0 unspecified atom stereocenters. The fourth-order valence-corrected chi connectivity index (χ4v) is 1.99. The van der Waals surface area contributed by atoms with Crippen LogP contribution in [0, 0.1) is 0 Å². The molecule has 1 heterocycles. The fraction of sp³-hybridized carbons (Fsp3) is 0.357. The van der Waals surface area contributed by atoms with Crippen LogP contribution >= 0.6 is 0 Å². The summed E-state index contributed by atoms with van der Waals surface area (Å²) in [5.41, 5.74) is 7.03. The van der Waals surface area contributed by atoms with Gasteiger partial charge in [-0.1, -0.05) is 12.1 Å². The lowest BCUT2D eigenvalue weighted by Gasteiger charge is -2.18. The van der Waals surface area contributed by atoms with Crippen molar-refractivity contribution < 1.29 is 4.74 Å². The first-order valence-corrected chi connectivity index (χ1v) is 5.70. The van der Waals surface area contributed by atoms with E-state index in [1.807, 2.05) is 19.9 Å². The Hall–Kier alpha value is -1.61. The standard InChI is InChI=1S/C14H18N2O/c1-14(2,15)9-10-4-5-11-6-7-16-13(17-3)12(11)8-10/h4-8H,9,15H2,1-3H3. The Morgan fingerprint density at radius 1 is 1.29 bits per heavy atom. The van der Waals surface area contributed by atoms with Crippen LogP contribution in [0.2, 0.25) is 0 Å². The van der Waals surface area contributed by atoms with E-state index in [4.69, 9.17) is 10.5 Å². The molecule has 2 aromatic rings. The van der Waals surface area contributed by atoms with E-state index in [1.165, 1.54) is 5.56 Å². The minimum atomic E-state index is -0.205. The SMILES string of the molecule is COc1nccc2ccc(CC(C)(C)N)cc12. The summed E-state index contributed by atoms with van der Waals surface area (Å²) in [5.74, 6) is 0.666. The monoisotopic (exact) mass is 230 g/mol. The first kappa shape index (κ1) is 11.9. The summed E-state index contributed by atoms with van der Waals surface area (Å²) < 4.78 is 5.27. The van der Waals surface area contributed by atoms with Crippen molar-refractivity contribution in [3.05, 3.63) is 36.0 Å². The van der Waals surface area contributed by atoms with E-state index in [1.54, 1.807) is 13.3 Å². The number of hydrogen-bond acceptors (Lipinski definition) is 3. The molecule has 90 valence electrons. The Bertz CT molecular complexity index is 529. The van der Waals surface area contributed by atoms with Gasteiger partial charge >= 0.3 is 0 Å². The molecule has 0 spiro atoms. The smallest absolute Gasteiger partial charge is 0.221 e. The predicted molar refractivity (Wildman–Crippen MR) is 70.3 cm³/mol. The minimum absolute atomic E-state index is 0.205. The van der Waals surface area contributed by atoms with Gasteiger partial charge in [0.25, 0.3) is 0 Å². The molecular weight excluding hydrogens is 212 g/mol. The number of hydrogen-bond donors (Lipinski definition) is 1. The van der Waals surface area contributed by atoms with E-state index in [0.717, 1.165) is 17.2 Å². The molecule has 0 amide bonds. The van der Waals surface area contributed by atoms with Crippen molar-refractivity contribution in [2.45, 2.75) is 25.8 Å². The molecule has 0 saturated carbocycles. The number of methoxy groups -OCH3 is 1. The lowest BCUT2D eigenvalue weighted by Crippen LogP contribution is -2.34. The molecule has 1 aromatic heterocycles. The summed E-state index contributed by atoms with van der Waals surface area (Å²) in [4.78, 5) is 4.21. The number of nitrogens with zero attached hydrogens (tertiary/aromatic N) is 1. The van der Waals surface area contributed by atoms with Crippen LogP contribution < -0.4 is 10.5 Å². The first-order valence-electron chi connectivity index (χ1n) is 5.70. The van der Waals surface area contributed by atoms with Crippen LogP contribution in [-0.2, 0) is 6.42 Å². The van der Waals surface area contributed by atoms with Crippen LogP contribution in [0.4, 0.5) is 0 Å². The molecular formula is C14H18N2O. The highest BCUT2D eigenvalue weighted by molar-refractivity contribution is 5.87. The molecule has 1 aromatic carbocycles. The van der Waals surface area contributed by atoms with Crippen LogP contribution in [-0.4, -0.2) is 17.6 Å². The van der Waals surface area contributed by atoms with Crippen LogP contribution in [0.25, 0.3) is 10.8 Å². The summed E-state index contributed by atoms with van der Waals surface area (Å²) in [6, 6.07) is 8.28. The third-order valence-electron chi connectivity index (χ3n) is 2.65. The van der Waals surface area contributed by atoms with E-state index in [0.29, 0.717) is 5.88 Å². The highest BCUT2D eigenvalue weighted by Gasteiger charge is 2.12. The zero-order chi connectivity index (χ0) is 12.5. The van der Waals surface area contributed by atoms with Crippen molar-refractivity contribution in [2.24, 2.45) is 5.73 Å². The van der Waals surface area contributed by atoms with Gasteiger partial charge in [0, 0.05) is 17.1 Å². The molecule has 0 bridgehead atoms. The van der Waals surface area contributed by atoms with Gasteiger partial charge < -0.3 is 10.5 Å². The average molecular weight is 230 g/mol. The van der Waals surface area contributed by atoms with Gasteiger partial charge in [0.15, 0.2) is 0 Å². The summed E-state index contributed by atoms with van der Waals surface area (Å²) in [6.07, 6.45) is 2.59. The quantitative estimate of drug-likeness (QED) is 0.881. The normalized spacial score (nSPS) is 11.8. The molecule has 0 radical (unpaired) electrons. The first-order chi connectivity index (χ1) is 7.99. The van der Waals surface area contributed by atoms with Crippen molar-refractivity contribution in [1.29, 1.82) is 0 Å². The second kappa shape index (κ2) is 4.34. The highest BCUT2D eigenvalue weighted by Crippen LogP contribution is 2.25. The molecule has 0 aliphatic carbocycles. The van der Waals surface area contributed by atoms with Crippen LogP contribution in [0.1, 0.15) is 19.4 Å². The maximum Gasteiger partial charge on any atom is 0.221 e. The second-order valence-electron chi connectivity index (χ2n) is 5.04. The van der Waals surface area contributed by atoms with Gasteiger partial charge in [-0.15, -0.1) is 0 Å². The van der Waals surface area contributed by atoms with Crippen molar-refractivity contribution in [2.75, 3.05) is 7.11 Å². The van der Waals surface area contributed by atoms with Gasteiger partial charge in [-0.05, 0) is 43.4 Å². The van der Waals surface area contributed by atoms with Crippen molar-refractivity contribution in [3.63, 3.8) is 0 Å². The number of aromatic nitrogens is 1. The van der Waals surface area contributed by atoms with E-state index in [9.17, 15) is 0 Å². The van der Waals surface area contributed by atoms with Crippen LogP contribution in [0.5, 0.6) is 5.88 Å². The second-order valence-corrected chi connectivity index (χ2v) is 5.04. The summed E-state index contributed by atoms with van der Waals surface area (Å²) >= 11 is 0. The van der Waals surface area contributed by atoms with Crippen LogP contribution in [0.15, 0.2) is 30.5 Å². The lowest BCUT2D eigenvalue weighted by molar-refractivity contribution is 0.403. The molecule has 0 atom stereocenters. The molecule has 17 heavy (non-hydrogen) atoms. The zero-order valence-corrected chi connectivity index (χ0v) is 10.5. The Morgan fingerprint density at radius 3 is 2.71 bits per heavy atom. The van der Waals surface area contributed by atoms with Crippen molar-refractivity contribution in [3.8, 4) is 5.88 Å². The molecule has 0 fully saturated rings. The highest BCUT2D eigenvalue weighted by atomic mass is 16.5. The van der Waals surface area contributed by atoms with Gasteiger partial charge in [0.2, 0.25) is 5.88 Å². The van der Waals surface area contributed by atoms with Gasteiger partial charge in [0.05, 0.1) is 7.11 Å². The third kappa shape index (κ3) is 2.74. The van der Waals surface area contributed by atoms with E-state index in [-0.39, 0.29) is 5.54 Å². The average Bonchev–Trinajstić information content (AvgIpc) is 2.26. The fourth-order valence-electron chi connectivity index (χ4n) is 1.99. The molecule has 3 heteroatoms. The topological polar surface area (TPSA) is 48.1 Å². The molecule has 2 N–H and O–H groups in total. The van der Waals surface area contributed by atoms with Gasteiger partial charge in [-0.25, -0.2) is 4.98 Å². The van der Waals surface area contributed by atoms with E-state index >= 15 is 0 Å². The number of ether oxygens (including phenoxy) is 1. The number of benzene rings is 1. The third-order valence-corrected chi connectivity index (χ3v) is 2.65. The largest absolute Gasteiger partial charge is 0.481 e. The minimum Gasteiger partial charge on any atom is -0.481 e. The lowest BCUT2D eigenvalue weighted by atomic mass is 9.95. The number of pyridine rings is 1. The summed E-state index contributed by atoms with van der Waals surface area (Å²) in [6.45, 7) is 4.05. The zero-order valence-electron chi connectivity index (χ0n) is 10.5. The van der Waals surface area contributed by atoms with Gasteiger partial charge in [-0.2, -0.15) is 0 Å². The molecule has 0 aliphatic rings. The predicted octanol–water partition coefficient (Wildman–Crippen LogP) is 2.52. The van der Waals surface area contributed by atoms with E-state index in [2.05, 4.69) is 23.2 Å². The maximum atomic E-state index is 6.04. The Labute approximate surface area is 102 Å². The Balaban J connectivity index is 2.48. The van der Waals surface area contributed by atoms with Crippen molar-refractivity contribution in [1.82, 2.24) is 4.98 Å². The number of rotatable bonds is 3. The van der Waals surface area contributed by atoms with Gasteiger partial charge in [0.1, 0.15) is 0 Å². The Kier molecular flexibility index (Phi) is 3.03. The molecule has 2 rings (SSSR count). The summed E-state index contributed by atoms with van der Waals surface area (Å²) in [7, 11) is 1.64. The van der Waals surface area contributed by atoms with E-state index < -0.39 is 0 Å². The van der Waals surface area contributed by atoms with Crippen LogP contribution in [0.3, 0.4) is 0 Å². The number of fused-ring (bicyclic) bond motifs is 1. The summed E-state index contributed by atoms with van der Waals surface area (Å²) in [5, 5.41) is 2.17. The number of nitrogens with two attached hydrogens (primary N) is 1. The molecule has 0 aliphatic heterocycles. The Morgan fingerprint density at radius 2 is 2.06 bits per heavy atom. The van der Waals surface area contributed by atoms with Crippen molar-refractivity contribution >= 4 is 10.8 Å².